The van der Waals surface area contributed by atoms with Crippen LogP contribution in [0.25, 0.3) is 0 Å². The average Bonchev–Trinajstić information content (AvgIpc) is 2.42. The van der Waals surface area contributed by atoms with E-state index >= 15 is 0 Å². The standard InChI is InChI=1S/C16H21NO2S/c1-4-6-7-8-14-17(13-5-2)20(18,19)16-11-9-15(3)10-12-16/h4-12H,2,13-14H2,1,3H3/b6-4-,8-7+. The SMILES string of the molecule is C=CCN(C/C=C/C=C\C)S(=O)(=O)c1ccc(C)cc1. The number of sulfonamides is 1. The van der Waals surface area contributed by atoms with Crippen LogP contribution in [0.1, 0.15) is 12.5 Å². The van der Waals surface area contributed by atoms with Crippen molar-refractivity contribution in [3.05, 3.63) is 66.8 Å². The van der Waals surface area contributed by atoms with E-state index in [4.69, 9.17) is 0 Å². The first-order chi connectivity index (χ1) is 9.52. The van der Waals surface area contributed by atoms with E-state index in [9.17, 15) is 8.42 Å². The second-order valence-electron chi connectivity index (χ2n) is 4.38. The molecule has 0 fully saturated rings. The minimum atomic E-state index is -3.48. The van der Waals surface area contributed by atoms with Gasteiger partial charge in [0.25, 0.3) is 0 Å². The van der Waals surface area contributed by atoms with Gasteiger partial charge in [0.1, 0.15) is 0 Å². The van der Waals surface area contributed by atoms with Gasteiger partial charge in [-0.25, -0.2) is 8.42 Å². The molecule has 0 aliphatic rings. The molecule has 0 bridgehead atoms. The Balaban J connectivity index is 2.99. The van der Waals surface area contributed by atoms with E-state index in [1.165, 1.54) is 4.31 Å². The Labute approximate surface area is 122 Å². The Hall–Kier alpha value is -1.65. The Morgan fingerprint density at radius 3 is 2.35 bits per heavy atom. The monoisotopic (exact) mass is 291 g/mol. The van der Waals surface area contributed by atoms with E-state index in [0.29, 0.717) is 11.4 Å². The molecule has 0 amide bonds. The molecule has 1 rings (SSSR count). The topological polar surface area (TPSA) is 37.4 Å². The lowest BCUT2D eigenvalue weighted by Crippen LogP contribution is -2.31. The largest absolute Gasteiger partial charge is 0.243 e. The maximum Gasteiger partial charge on any atom is 0.243 e. The second kappa shape index (κ2) is 7.82. The van der Waals surface area contributed by atoms with Gasteiger partial charge < -0.3 is 0 Å². The van der Waals surface area contributed by atoms with Crippen LogP contribution in [0.3, 0.4) is 0 Å². The third-order valence-electron chi connectivity index (χ3n) is 2.74. The number of rotatable bonds is 7. The molecule has 3 nitrogen and oxygen atoms in total. The van der Waals surface area contributed by atoms with Gasteiger partial charge in [-0.1, -0.05) is 48.1 Å². The molecule has 108 valence electrons. The molecule has 0 aliphatic carbocycles. The number of aryl methyl sites for hydroxylation is 1. The summed E-state index contributed by atoms with van der Waals surface area (Å²) < 4.78 is 26.4. The summed E-state index contributed by atoms with van der Waals surface area (Å²) in [4.78, 5) is 0.310. The van der Waals surface area contributed by atoms with Crippen molar-refractivity contribution in [2.24, 2.45) is 0 Å². The second-order valence-corrected chi connectivity index (χ2v) is 6.32. The summed E-state index contributed by atoms with van der Waals surface area (Å²) in [6, 6.07) is 6.87. The summed E-state index contributed by atoms with van der Waals surface area (Å²) in [6.45, 7) is 8.08. The molecule has 0 saturated carbocycles. The molecular weight excluding hydrogens is 270 g/mol. The van der Waals surface area contributed by atoms with Crippen molar-refractivity contribution < 1.29 is 8.42 Å². The molecule has 0 aromatic heterocycles. The van der Waals surface area contributed by atoms with Crippen LogP contribution in [0.2, 0.25) is 0 Å². The molecule has 4 heteroatoms. The van der Waals surface area contributed by atoms with Crippen LogP contribution in [0.15, 0.2) is 66.1 Å². The van der Waals surface area contributed by atoms with Crippen LogP contribution in [-0.4, -0.2) is 25.8 Å². The van der Waals surface area contributed by atoms with Gasteiger partial charge in [0, 0.05) is 13.1 Å². The summed E-state index contributed by atoms with van der Waals surface area (Å²) in [6.07, 6.45) is 9.00. The quantitative estimate of drug-likeness (QED) is 0.571. The van der Waals surface area contributed by atoms with Gasteiger partial charge >= 0.3 is 0 Å². The Morgan fingerprint density at radius 2 is 1.80 bits per heavy atom. The fraction of sp³-hybridized carbons (Fsp3) is 0.250. The van der Waals surface area contributed by atoms with E-state index in [-0.39, 0.29) is 6.54 Å². The lowest BCUT2D eigenvalue weighted by atomic mass is 10.2. The molecule has 0 N–H and O–H groups in total. The molecule has 20 heavy (non-hydrogen) atoms. The third-order valence-corrected chi connectivity index (χ3v) is 4.59. The lowest BCUT2D eigenvalue weighted by Gasteiger charge is -2.19. The normalized spacial score (nSPS) is 12.6. The van der Waals surface area contributed by atoms with E-state index < -0.39 is 10.0 Å². The van der Waals surface area contributed by atoms with Crippen molar-refractivity contribution in [3.63, 3.8) is 0 Å². The number of allylic oxidation sites excluding steroid dienone is 3. The van der Waals surface area contributed by atoms with Crippen LogP contribution in [-0.2, 0) is 10.0 Å². The molecule has 1 aromatic carbocycles. The van der Waals surface area contributed by atoms with Crippen molar-refractivity contribution in [2.45, 2.75) is 18.7 Å². The van der Waals surface area contributed by atoms with Crippen molar-refractivity contribution in [3.8, 4) is 0 Å². The zero-order valence-corrected chi connectivity index (χ0v) is 12.8. The van der Waals surface area contributed by atoms with Gasteiger partial charge in [-0.05, 0) is 26.0 Å². The van der Waals surface area contributed by atoms with Crippen LogP contribution in [0.4, 0.5) is 0 Å². The first kappa shape index (κ1) is 16.4. The zero-order chi connectivity index (χ0) is 15.0. The van der Waals surface area contributed by atoms with Gasteiger partial charge in [0.2, 0.25) is 10.0 Å². The zero-order valence-electron chi connectivity index (χ0n) is 12.0. The highest BCUT2D eigenvalue weighted by Crippen LogP contribution is 2.16. The van der Waals surface area contributed by atoms with Crippen LogP contribution in [0, 0.1) is 6.92 Å². The molecular formula is C16H21NO2S. The Kier molecular flexibility index (Phi) is 6.42. The number of hydrogen-bond donors (Lipinski definition) is 0. The number of benzene rings is 1. The van der Waals surface area contributed by atoms with E-state index in [1.54, 1.807) is 30.3 Å². The maximum atomic E-state index is 12.5. The van der Waals surface area contributed by atoms with Crippen LogP contribution in [0.5, 0.6) is 0 Å². The molecule has 0 radical (unpaired) electrons. The molecule has 0 aliphatic heterocycles. The fourth-order valence-electron chi connectivity index (χ4n) is 1.64. The first-order valence-electron chi connectivity index (χ1n) is 6.48. The number of hydrogen-bond acceptors (Lipinski definition) is 2. The highest BCUT2D eigenvalue weighted by Gasteiger charge is 2.21. The number of nitrogens with zero attached hydrogens (tertiary/aromatic N) is 1. The van der Waals surface area contributed by atoms with Crippen LogP contribution >= 0.6 is 0 Å². The van der Waals surface area contributed by atoms with E-state index in [2.05, 4.69) is 6.58 Å². The molecule has 1 aromatic rings. The molecule has 0 unspecified atom stereocenters. The maximum absolute atomic E-state index is 12.5. The highest BCUT2D eigenvalue weighted by molar-refractivity contribution is 7.89. The van der Waals surface area contributed by atoms with Crippen molar-refractivity contribution in [1.29, 1.82) is 0 Å². The minimum Gasteiger partial charge on any atom is -0.207 e. The first-order valence-corrected chi connectivity index (χ1v) is 7.92. The Bertz CT molecular complexity index is 583. The summed E-state index contributed by atoms with van der Waals surface area (Å²) in [5, 5.41) is 0. The molecule has 0 saturated heterocycles. The predicted octanol–water partition coefficient (Wildman–Crippen LogP) is 3.30. The molecule has 0 heterocycles. The van der Waals surface area contributed by atoms with E-state index in [0.717, 1.165) is 5.56 Å². The summed E-state index contributed by atoms with van der Waals surface area (Å²) in [5.74, 6) is 0. The molecule has 0 atom stereocenters. The predicted molar refractivity (Wildman–Crippen MR) is 84.1 cm³/mol. The third kappa shape index (κ3) is 4.47. The van der Waals surface area contributed by atoms with Gasteiger partial charge in [-0.3, -0.25) is 0 Å². The van der Waals surface area contributed by atoms with Gasteiger partial charge in [0.05, 0.1) is 4.90 Å². The van der Waals surface area contributed by atoms with Crippen molar-refractivity contribution in [1.82, 2.24) is 4.31 Å². The van der Waals surface area contributed by atoms with Crippen molar-refractivity contribution in [2.75, 3.05) is 13.1 Å². The van der Waals surface area contributed by atoms with E-state index in [1.807, 2.05) is 38.2 Å². The highest BCUT2D eigenvalue weighted by atomic mass is 32.2. The molecule has 0 spiro atoms. The van der Waals surface area contributed by atoms with Crippen molar-refractivity contribution >= 4 is 10.0 Å². The fourth-order valence-corrected chi connectivity index (χ4v) is 3.00. The summed E-state index contributed by atoms with van der Waals surface area (Å²) in [5.41, 5.74) is 1.03. The lowest BCUT2D eigenvalue weighted by molar-refractivity contribution is 0.474. The minimum absolute atomic E-state index is 0.288. The smallest absolute Gasteiger partial charge is 0.207 e. The van der Waals surface area contributed by atoms with Gasteiger partial charge in [-0.2, -0.15) is 4.31 Å². The van der Waals surface area contributed by atoms with Crippen LogP contribution < -0.4 is 0 Å². The summed E-state index contributed by atoms with van der Waals surface area (Å²) >= 11 is 0. The Morgan fingerprint density at radius 1 is 1.15 bits per heavy atom. The summed E-state index contributed by atoms with van der Waals surface area (Å²) in [7, 11) is -3.48. The van der Waals surface area contributed by atoms with Gasteiger partial charge in [-0.15, -0.1) is 6.58 Å². The average molecular weight is 291 g/mol. The van der Waals surface area contributed by atoms with Gasteiger partial charge in [0.15, 0.2) is 0 Å².